The van der Waals surface area contributed by atoms with Crippen molar-refractivity contribution in [2.75, 3.05) is 6.61 Å². The van der Waals surface area contributed by atoms with Crippen LogP contribution in [0.15, 0.2) is 23.8 Å². The maximum Gasteiger partial charge on any atom is 0.155 e. The molecule has 1 spiro atoms. The Bertz CT molecular complexity index is 790. The van der Waals surface area contributed by atoms with E-state index in [1.54, 1.807) is 5.57 Å². The molecule has 28 heavy (non-hydrogen) atoms. The molecule has 0 aromatic rings. The zero-order valence-electron chi connectivity index (χ0n) is 17.2. The van der Waals surface area contributed by atoms with Gasteiger partial charge in [-0.15, -0.1) is 0 Å². The number of ether oxygens (including phenoxy) is 1. The summed E-state index contributed by atoms with van der Waals surface area (Å²) in [4.78, 5) is 12.2. The van der Waals surface area contributed by atoms with Gasteiger partial charge in [0.05, 0.1) is 12.2 Å². The Hall–Kier alpha value is -0.890. The monoisotopic (exact) mass is 378 g/mol. The Balaban J connectivity index is 1.34. The first-order valence-corrected chi connectivity index (χ1v) is 12.2. The maximum atomic E-state index is 12.2. The van der Waals surface area contributed by atoms with E-state index in [1.807, 2.05) is 0 Å². The Labute approximate surface area is 169 Å². The highest BCUT2D eigenvalue weighted by molar-refractivity contribution is 5.91. The molecule has 0 aromatic heterocycles. The normalized spacial score (nSPS) is 56.1. The number of fused-ring (bicyclic) bond motifs is 9. The number of ketones is 1. The van der Waals surface area contributed by atoms with Crippen LogP contribution >= 0.6 is 0 Å². The molecular weight excluding hydrogens is 344 g/mol. The molecule has 5 saturated carbocycles. The minimum absolute atomic E-state index is 0.0782. The first kappa shape index (κ1) is 16.9. The quantitative estimate of drug-likeness (QED) is 0.607. The topological polar surface area (TPSA) is 26.3 Å². The fraction of sp³-hybridized carbons (Fsp3) is 0.808. The Morgan fingerprint density at radius 1 is 1.14 bits per heavy atom. The van der Waals surface area contributed by atoms with Crippen LogP contribution in [0, 0.1) is 52.8 Å². The smallest absolute Gasteiger partial charge is 0.155 e. The van der Waals surface area contributed by atoms with E-state index in [0.29, 0.717) is 11.2 Å². The molecule has 2 heteroatoms. The highest BCUT2D eigenvalue weighted by Crippen LogP contribution is 2.79. The lowest BCUT2D eigenvalue weighted by atomic mass is 9.45. The van der Waals surface area contributed by atoms with Gasteiger partial charge in [-0.2, -0.15) is 0 Å². The lowest BCUT2D eigenvalue weighted by Gasteiger charge is -2.60. The summed E-state index contributed by atoms with van der Waals surface area (Å²) in [5.74, 6) is 7.31. The van der Waals surface area contributed by atoms with Crippen molar-refractivity contribution in [3.8, 4) is 0 Å². The molecule has 0 bridgehead atoms. The van der Waals surface area contributed by atoms with E-state index < -0.39 is 0 Å². The van der Waals surface area contributed by atoms with Crippen LogP contribution in [0.25, 0.3) is 0 Å². The molecule has 7 aliphatic rings. The zero-order chi connectivity index (χ0) is 18.7. The summed E-state index contributed by atoms with van der Waals surface area (Å²) in [6.45, 7) is 3.31. The van der Waals surface area contributed by atoms with Crippen molar-refractivity contribution in [2.45, 2.75) is 70.3 Å². The lowest BCUT2D eigenvalue weighted by molar-refractivity contribution is -0.153. The number of hydrogen-bond donors (Lipinski definition) is 0. The Morgan fingerprint density at radius 3 is 2.79 bits per heavy atom. The predicted molar refractivity (Wildman–Crippen MR) is 108 cm³/mol. The van der Waals surface area contributed by atoms with Crippen LogP contribution in [0.2, 0.25) is 0 Å². The molecular formula is C26H34O2. The van der Waals surface area contributed by atoms with Gasteiger partial charge in [-0.25, -0.2) is 0 Å². The molecule has 2 nitrogen and oxygen atoms in total. The highest BCUT2D eigenvalue weighted by atomic mass is 16.5. The van der Waals surface area contributed by atoms with Crippen molar-refractivity contribution in [1.82, 2.24) is 0 Å². The fourth-order valence-electron chi connectivity index (χ4n) is 9.76. The SMILES string of the molecule is CC[C@]12CCC3C(C(C4CC4)CC4=CC(=O)CC[C@@H]43)C1[C@@H]1C[C@@H]1[C@@]21C=CCO1. The number of carbonyl (C=O) groups is 1. The molecule has 150 valence electrons. The summed E-state index contributed by atoms with van der Waals surface area (Å²) < 4.78 is 6.66. The highest BCUT2D eigenvalue weighted by Gasteiger charge is 2.78. The van der Waals surface area contributed by atoms with E-state index in [-0.39, 0.29) is 5.60 Å². The molecule has 5 fully saturated rings. The van der Waals surface area contributed by atoms with Gasteiger partial charge >= 0.3 is 0 Å². The summed E-state index contributed by atoms with van der Waals surface area (Å²) >= 11 is 0. The van der Waals surface area contributed by atoms with Crippen molar-refractivity contribution >= 4 is 5.78 Å². The van der Waals surface area contributed by atoms with E-state index in [2.05, 4.69) is 25.2 Å². The largest absolute Gasteiger partial charge is 0.366 e. The van der Waals surface area contributed by atoms with Gasteiger partial charge in [0.25, 0.3) is 0 Å². The van der Waals surface area contributed by atoms with Crippen molar-refractivity contribution < 1.29 is 9.53 Å². The average molecular weight is 379 g/mol. The number of allylic oxidation sites excluding steroid dienone is 1. The van der Waals surface area contributed by atoms with Crippen LogP contribution in [-0.4, -0.2) is 18.0 Å². The zero-order valence-corrected chi connectivity index (χ0v) is 17.2. The summed E-state index contributed by atoms with van der Waals surface area (Å²) in [5.41, 5.74) is 2.04. The molecule has 1 aliphatic heterocycles. The van der Waals surface area contributed by atoms with E-state index in [4.69, 9.17) is 4.74 Å². The van der Waals surface area contributed by atoms with E-state index >= 15 is 0 Å². The molecule has 0 amide bonds. The second kappa shape index (κ2) is 5.42. The van der Waals surface area contributed by atoms with Gasteiger partial charge in [-0.1, -0.05) is 24.6 Å². The van der Waals surface area contributed by atoms with Gasteiger partial charge in [0.2, 0.25) is 0 Å². The van der Waals surface area contributed by atoms with Crippen molar-refractivity contribution in [2.24, 2.45) is 52.8 Å². The molecule has 4 unspecified atom stereocenters. The molecule has 0 saturated heterocycles. The number of rotatable bonds is 2. The summed E-state index contributed by atoms with van der Waals surface area (Å²) in [6, 6.07) is 0. The summed E-state index contributed by atoms with van der Waals surface area (Å²) in [5, 5.41) is 0. The number of hydrogen-bond acceptors (Lipinski definition) is 2. The fourth-order valence-corrected chi connectivity index (χ4v) is 9.76. The minimum atomic E-state index is 0.0782. The lowest BCUT2D eigenvalue weighted by Crippen LogP contribution is -2.57. The van der Waals surface area contributed by atoms with Crippen LogP contribution < -0.4 is 0 Å². The van der Waals surface area contributed by atoms with Crippen LogP contribution in [0.1, 0.15) is 64.7 Å². The van der Waals surface area contributed by atoms with Gasteiger partial charge in [0.15, 0.2) is 5.78 Å². The third kappa shape index (κ3) is 1.88. The summed E-state index contributed by atoms with van der Waals surface area (Å²) in [7, 11) is 0. The molecule has 0 N–H and O–H groups in total. The average Bonchev–Trinajstić information content (AvgIpc) is 3.64. The van der Waals surface area contributed by atoms with E-state index in [1.165, 1.54) is 44.9 Å². The molecule has 6 aliphatic carbocycles. The second-order valence-electron chi connectivity index (χ2n) is 11.4. The third-order valence-corrected chi connectivity index (χ3v) is 10.8. The Kier molecular flexibility index (Phi) is 3.26. The summed E-state index contributed by atoms with van der Waals surface area (Å²) in [6.07, 6.45) is 18.5. The first-order chi connectivity index (χ1) is 13.7. The first-order valence-electron chi connectivity index (χ1n) is 12.2. The molecule has 7 rings (SSSR count). The van der Waals surface area contributed by atoms with Gasteiger partial charge in [0, 0.05) is 11.8 Å². The van der Waals surface area contributed by atoms with Gasteiger partial charge in [-0.05, 0) is 105 Å². The van der Waals surface area contributed by atoms with Crippen LogP contribution in [-0.2, 0) is 9.53 Å². The van der Waals surface area contributed by atoms with Crippen molar-refractivity contribution in [3.63, 3.8) is 0 Å². The van der Waals surface area contributed by atoms with Crippen molar-refractivity contribution in [3.05, 3.63) is 23.8 Å². The molecule has 9 atom stereocenters. The third-order valence-electron chi connectivity index (χ3n) is 10.8. The van der Waals surface area contributed by atoms with E-state index in [9.17, 15) is 4.79 Å². The van der Waals surface area contributed by atoms with E-state index in [0.717, 1.165) is 66.8 Å². The maximum absolute atomic E-state index is 12.2. The molecule has 0 aromatic carbocycles. The van der Waals surface area contributed by atoms with Crippen LogP contribution in [0.3, 0.4) is 0 Å². The Morgan fingerprint density at radius 2 is 2.04 bits per heavy atom. The van der Waals surface area contributed by atoms with Gasteiger partial charge in [0.1, 0.15) is 0 Å². The van der Waals surface area contributed by atoms with Gasteiger partial charge < -0.3 is 4.74 Å². The minimum Gasteiger partial charge on any atom is -0.366 e. The van der Waals surface area contributed by atoms with Crippen LogP contribution in [0.5, 0.6) is 0 Å². The van der Waals surface area contributed by atoms with Gasteiger partial charge in [-0.3, -0.25) is 4.79 Å². The standard InChI is InChI=1S/C26H34O2/c1-2-25-10-8-19-18-7-6-17(27)12-16(18)13-20(15-4-5-15)23(19)24(25)21-14-22(21)26(25)9-3-11-28-26/h3,9,12,15,18-24H,2,4-8,10-11,13-14H2,1H3/t18-,19?,20?,21+,22-,23?,24?,25-,26-/m0/s1. The predicted octanol–water partition coefficient (Wildman–Crippen LogP) is 5.34. The second-order valence-corrected chi connectivity index (χ2v) is 11.4. The van der Waals surface area contributed by atoms with Crippen molar-refractivity contribution in [1.29, 1.82) is 0 Å². The number of carbonyl (C=O) groups excluding carboxylic acids is 1. The van der Waals surface area contributed by atoms with Crippen LogP contribution in [0.4, 0.5) is 0 Å². The molecule has 1 heterocycles. The molecule has 0 radical (unpaired) electrons.